The van der Waals surface area contributed by atoms with Crippen LogP contribution in [-0.2, 0) is 4.74 Å². The van der Waals surface area contributed by atoms with Crippen molar-refractivity contribution in [1.29, 1.82) is 0 Å². The van der Waals surface area contributed by atoms with Gasteiger partial charge in [-0.1, -0.05) is 35.3 Å². The molecule has 25 heavy (non-hydrogen) atoms. The molecule has 1 heterocycles. The van der Waals surface area contributed by atoms with Crippen LogP contribution in [0.1, 0.15) is 27.0 Å². The van der Waals surface area contributed by atoms with Crippen molar-refractivity contribution < 1.29 is 18.7 Å². The number of carbonyl (C=O) groups is 2. The highest BCUT2D eigenvalue weighted by Crippen LogP contribution is 2.36. The molecule has 3 rings (SSSR count). The van der Waals surface area contributed by atoms with Crippen LogP contribution in [0.2, 0.25) is 10.0 Å². The Morgan fingerprint density at radius 3 is 2.64 bits per heavy atom. The summed E-state index contributed by atoms with van der Waals surface area (Å²) in [5.41, 5.74) is 0.345. The van der Waals surface area contributed by atoms with Crippen molar-refractivity contribution in [2.24, 2.45) is 0 Å². The maximum Gasteiger partial charge on any atom is 0.350 e. The minimum atomic E-state index is -1.01. The van der Waals surface area contributed by atoms with Gasteiger partial charge in [0.2, 0.25) is 5.78 Å². The minimum absolute atomic E-state index is 0.132. The minimum Gasteiger partial charge on any atom is -0.450 e. The third-order valence-corrected chi connectivity index (χ3v) is 5.41. The molecule has 7 heteroatoms. The van der Waals surface area contributed by atoms with E-state index in [9.17, 15) is 14.0 Å². The molecule has 0 aliphatic heterocycles. The lowest BCUT2D eigenvalue weighted by Gasteiger charge is -2.12. The molecular formula is C18H11Cl2FO3S. The fourth-order valence-corrected chi connectivity index (χ4v) is 3.92. The monoisotopic (exact) mass is 396 g/mol. The van der Waals surface area contributed by atoms with Gasteiger partial charge in [0.05, 0.1) is 5.02 Å². The molecule has 0 saturated carbocycles. The molecule has 0 aliphatic carbocycles. The Balaban J connectivity index is 1.82. The van der Waals surface area contributed by atoms with E-state index in [1.165, 1.54) is 31.2 Å². The van der Waals surface area contributed by atoms with Gasteiger partial charge in [0, 0.05) is 20.7 Å². The van der Waals surface area contributed by atoms with Gasteiger partial charge in [0.15, 0.2) is 6.10 Å². The van der Waals surface area contributed by atoms with E-state index in [0.717, 1.165) is 11.3 Å². The number of ether oxygens (including phenoxy) is 1. The smallest absolute Gasteiger partial charge is 0.350 e. The van der Waals surface area contributed by atoms with Gasteiger partial charge in [-0.2, -0.15) is 0 Å². The number of esters is 1. The molecule has 0 saturated heterocycles. The van der Waals surface area contributed by atoms with Crippen molar-refractivity contribution in [2.45, 2.75) is 13.0 Å². The van der Waals surface area contributed by atoms with E-state index >= 15 is 0 Å². The number of hydrogen-bond donors (Lipinski definition) is 0. The van der Waals surface area contributed by atoms with Gasteiger partial charge in [-0.15, -0.1) is 11.3 Å². The highest BCUT2D eigenvalue weighted by Gasteiger charge is 2.24. The van der Waals surface area contributed by atoms with Crippen LogP contribution < -0.4 is 0 Å². The number of halogens is 3. The topological polar surface area (TPSA) is 43.4 Å². The summed E-state index contributed by atoms with van der Waals surface area (Å²) in [6.07, 6.45) is -1.01. The standard InChI is InChI=1S/C18H11Cl2FO3S/c1-9(16(22)10-3-2-4-11(19)7-10)24-18(23)17-15(20)13-6-5-12(21)8-14(13)25-17/h2-9H,1H3. The Labute approximate surface area is 156 Å². The van der Waals surface area contributed by atoms with Crippen molar-refractivity contribution in [3.8, 4) is 0 Å². The Morgan fingerprint density at radius 2 is 1.92 bits per heavy atom. The molecule has 0 aliphatic rings. The quantitative estimate of drug-likeness (QED) is 0.414. The molecule has 1 unspecified atom stereocenters. The second-order valence-electron chi connectivity index (χ2n) is 5.31. The SMILES string of the molecule is CC(OC(=O)c1sc2cc(F)ccc2c1Cl)C(=O)c1cccc(Cl)c1. The summed E-state index contributed by atoms with van der Waals surface area (Å²) < 4.78 is 19.1. The molecule has 0 spiro atoms. The number of hydrogen-bond acceptors (Lipinski definition) is 4. The number of Topliss-reactive ketones (excluding diaryl/α,β-unsaturated/α-hetero) is 1. The highest BCUT2D eigenvalue weighted by atomic mass is 35.5. The lowest BCUT2D eigenvalue weighted by Crippen LogP contribution is -2.24. The van der Waals surface area contributed by atoms with Crippen molar-refractivity contribution in [3.05, 3.63) is 68.8 Å². The van der Waals surface area contributed by atoms with Gasteiger partial charge in [-0.05, 0) is 37.3 Å². The largest absolute Gasteiger partial charge is 0.450 e. The molecular weight excluding hydrogens is 386 g/mol. The average Bonchev–Trinajstić information content (AvgIpc) is 2.90. The van der Waals surface area contributed by atoms with Crippen LogP contribution >= 0.6 is 34.5 Å². The number of fused-ring (bicyclic) bond motifs is 1. The molecule has 0 N–H and O–H groups in total. The number of benzene rings is 2. The second-order valence-corrected chi connectivity index (χ2v) is 7.17. The Bertz CT molecular complexity index is 984. The van der Waals surface area contributed by atoms with Crippen molar-refractivity contribution in [2.75, 3.05) is 0 Å². The van der Waals surface area contributed by atoms with Crippen molar-refractivity contribution in [3.63, 3.8) is 0 Å². The summed E-state index contributed by atoms with van der Waals surface area (Å²) >= 11 is 13.1. The Morgan fingerprint density at radius 1 is 1.16 bits per heavy atom. The maximum absolute atomic E-state index is 13.3. The molecule has 128 valence electrons. The van der Waals surface area contributed by atoms with Gasteiger partial charge in [-0.3, -0.25) is 4.79 Å². The summed E-state index contributed by atoms with van der Waals surface area (Å²) in [6.45, 7) is 1.47. The van der Waals surface area contributed by atoms with Gasteiger partial charge >= 0.3 is 5.97 Å². The van der Waals surface area contributed by atoms with E-state index in [0.29, 0.717) is 20.7 Å². The summed E-state index contributed by atoms with van der Waals surface area (Å²) in [4.78, 5) is 24.8. The van der Waals surface area contributed by atoms with Crippen LogP contribution in [0.15, 0.2) is 42.5 Å². The summed E-state index contributed by atoms with van der Waals surface area (Å²) in [7, 11) is 0. The average molecular weight is 397 g/mol. The van der Waals surface area contributed by atoms with E-state index in [1.54, 1.807) is 18.2 Å². The number of carbonyl (C=O) groups excluding carboxylic acids is 2. The van der Waals surface area contributed by atoms with Crippen molar-refractivity contribution >= 4 is 56.4 Å². The summed E-state index contributed by atoms with van der Waals surface area (Å²) in [6, 6.07) is 10.4. The molecule has 3 aromatic rings. The third-order valence-electron chi connectivity index (χ3n) is 3.54. The van der Waals surface area contributed by atoms with Crippen LogP contribution in [0.25, 0.3) is 10.1 Å². The van der Waals surface area contributed by atoms with Crippen LogP contribution in [0, 0.1) is 5.82 Å². The Kier molecular flexibility index (Phi) is 5.08. The molecule has 0 amide bonds. The van der Waals surface area contributed by atoms with Crippen molar-refractivity contribution in [1.82, 2.24) is 0 Å². The second kappa shape index (κ2) is 7.12. The van der Waals surface area contributed by atoms with E-state index < -0.39 is 17.9 Å². The first kappa shape index (κ1) is 17.9. The van der Waals surface area contributed by atoms with Gasteiger partial charge in [-0.25, -0.2) is 9.18 Å². The fraction of sp³-hybridized carbons (Fsp3) is 0.111. The number of ketones is 1. The molecule has 0 radical (unpaired) electrons. The van der Waals surface area contributed by atoms with E-state index in [-0.39, 0.29) is 15.7 Å². The third kappa shape index (κ3) is 3.68. The summed E-state index contributed by atoms with van der Waals surface area (Å²) in [5.74, 6) is -1.52. The van der Waals surface area contributed by atoms with Gasteiger partial charge < -0.3 is 4.74 Å². The first-order valence-corrected chi connectivity index (χ1v) is 8.82. The first-order valence-electron chi connectivity index (χ1n) is 7.25. The van der Waals surface area contributed by atoms with E-state index in [1.807, 2.05) is 0 Å². The normalized spacial score (nSPS) is 12.2. The first-order chi connectivity index (χ1) is 11.9. The maximum atomic E-state index is 13.3. The molecule has 1 aromatic heterocycles. The molecule has 1 atom stereocenters. The predicted molar refractivity (Wildman–Crippen MR) is 97.5 cm³/mol. The number of thiophene rings is 1. The highest BCUT2D eigenvalue weighted by molar-refractivity contribution is 7.21. The summed E-state index contributed by atoms with van der Waals surface area (Å²) in [5, 5.41) is 1.17. The molecule has 3 nitrogen and oxygen atoms in total. The molecule has 0 bridgehead atoms. The van der Waals surface area contributed by atoms with Gasteiger partial charge in [0.1, 0.15) is 10.7 Å². The zero-order valence-electron chi connectivity index (χ0n) is 12.9. The van der Waals surface area contributed by atoms with Crippen LogP contribution in [0.3, 0.4) is 0 Å². The van der Waals surface area contributed by atoms with Gasteiger partial charge in [0.25, 0.3) is 0 Å². The lowest BCUT2D eigenvalue weighted by molar-refractivity contribution is 0.0324. The van der Waals surface area contributed by atoms with Crippen LogP contribution in [0.5, 0.6) is 0 Å². The number of rotatable bonds is 4. The zero-order valence-corrected chi connectivity index (χ0v) is 15.2. The van der Waals surface area contributed by atoms with Crippen LogP contribution in [0.4, 0.5) is 4.39 Å². The predicted octanol–water partition coefficient (Wildman–Crippen LogP) is 5.78. The van der Waals surface area contributed by atoms with E-state index in [4.69, 9.17) is 27.9 Å². The van der Waals surface area contributed by atoms with Crippen LogP contribution in [-0.4, -0.2) is 17.9 Å². The van der Waals surface area contributed by atoms with E-state index in [2.05, 4.69) is 0 Å². The molecule has 0 fully saturated rings. The Hall–Kier alpha value is -1.95. The fourth-order valence-electron chi connectivity index (χ4n) is 2.31. The molecule has 2 aromatic carbocycles. The zero-order chi connectivity index (χ0) is 18.1. The lowest BCUT2D eigenvalue weighted by atomic mass is 10.1.